The highest BCUT2D eigenvalue weighted by Gasteiger charge is 2.06. The number of aromatic nitrogens is 3. The summed E-state index contributed by atoms with van der Waals surface area (Å²) < 4.78 is 0. The average Bonchev–Trinajstić information content (AvgIpc) is 2.92. The number of amides is 1. The van der Waals surface area contributed by atoms with E-state index >= 15 is 0 Å². The van der Waals surface area contributed by atoms with Gasteiger partial charge in [-0.25, -0.2) is 9.97 Å². The first-order valence-corrected chi connectivity index (χ1v) is 5.69. The van der Waals surface area contributed by atoms with E-state index in [9.17, 15) is 4.79 Å². The van der Waals surface area contributed by atoms with Gasteiger partial charge in [-0.2, -0.15) is 0 Å². The SMILES string of the molecule is CNc1ccc(C(=O)NCCc2cnc[nH]2)nc1. The van der Waals surface area contributed by atoms with Crippen LogP contribution >= 0.6 is 0 Å². The van der Waals surface area contributed by atoms with Crippen LogP contribution in [0.1, 0.15) is 16.2 Å². The number of hydrogen-bond donors (Lipinski definition) is 3. The van der Waals surface area contributed by atoms with Gasteiger partial charge in [-0.15, -0.1) is 0 Å². The molecule has 0 aliphatic carbocycles. The van der Waals surface area contributed by atoms with Crippen LogP contribution in [0.3, 0.4) is 0 Å². The van der Waals surface area contributed by atoms with E-state index in [1.54, 1.807) is 31.8 Å². The van der Waals surface area contributed by atoms with Gasteiger partial charge in [0.2, 0.25) is 0 Å². The molecule has 0 aliphatic rings. The molecule has 0 radical (unpaired) electrons. The zero-order chi connectivity index (χ0) is 12.8. The predicted octanol–water partition coefficient (Wildman–Crippen LogP) is 0.819. The first-order valence-electron chi connectivity index (χ1n) is 5.69. The lowest BCUT2D eigenvalue weighted by Crippen LogP contribution is -2.26. The molecular weight excluding hydrogens is 230 g/mol. The van der Waals surface area contributed by atoms with Crippen LogP contribution in [-0.4, -0.2) is 34.5 Å². The van der Waals surface area contributed by atoms with Crippen LogP contribution in [0.5, 0.6) is 0 Å². The number of hydrogen-bond acceptors (Lipinski definition) is 4. The molecule has 3 N–H and O–H groups in total. The zero-order valence-corrected chi connectivity index (χ0v) is 10.1. The maximum Gasteiger partial charge on any atom is 0.269 e. The molecule has 6 nitrogen and oxygen atoms in total. The smallest absolute Gasteiger partial charge is 0.269 e. The van der Waals surface area contributed by atoms with Gasteiger partial charge in [-0.05, 0) is 12.1 Å². The molecule has 0 aromatic carbocycles. The Morgan fingerprint density at radius 3 is 2.89 bits per heavy atom. The van der Waals surface area contributed by atoms with Gasteiger partial charge in [0.05, 0.1) is 18.2 Å². The zero-order valence-electron chi connectivity index (χ0n) is 10.1. The molecule has 1 amide bonds. The number of aromatic amines is 1. The van der Waals surface area contributed by atoms with Crippen molar-refractivity contribution in [2.75, 3.05) is 18.9 Å². The van der Waals surface area contributed by atoms with Crippen LogP contribution in [0.4, 0.5) is 5.69 Å². The lowest BCUT2D eigenvalue weighted by molar-refractivity contribution is 0.0949. The van der Waals surface area contributed by atoms with E-state index in [1.165, 1.54) is 0 Å². The Labute approximate surface area is 105 Å². The third-order valence-corrected chi connectivity index (χ3v) is 2.52. The van der Waals surface area contributed by atoms with Crippen molar-refractivity contribution >= 4 is 11.6 Å². The van der Waals surface area contributed by atoms with Gasteiger partial charge in [0, 0.05) is 31.9 Å². The lowest BCUT2D eigenvalue weighted by Gasteiger charge is -2.04. The largest absolute Gasteiger partial charge is 0.387 e. The Balaban J connectivity index is 1.83. The van der Waals surface area contributed by atoms with Crippen molar-refractivity contribution in [3.05, 3.63) is 42.2 Å². The topological polar surface area (TPSA) is 82.7 Å². The monoisotopic (exact) mass is 245 g/mol. The van der Waals surface area contributed by atoms with Crippen molar-refractivity contribution < 1.29 is 4.79 Å². The molecule has 18 heavy (non-hydrogen) atoms. The van der Waals surface area contributed by atoms with Gasteiger partial charge in [-0.3, -0.25) is 4.79 Å². The van der Waals surface area contributed by atoms with Crippen molar-refractivity contribution in [1.82, 2.24) is 20.3 Å². The second-order valence-corrected chi connectivity index (χ2v) is 3.76. The molecule has 94 valence electrons. The molecule has 0 fully saturated rings. The Hall–Kier alpha value is -2.37. The molecular formula is C12H15N5O. The molecule has 2 aromatic heterocycles. The van der Waals surface area contributed by atoms with E-state index in [0.717, 1.165) is 17.8 Å². The molecule has 6 heteroatoms. The maximum atomic E-state index is 11.8. The van der Waals surface area contributed by atoms with Crippen molar-refractivity contribution in [3.8, 4) is 0 Å². The van der Waals surface area contributed by atoms with Gasteiger partial charge in [-0.1, -0.05) is 0 Å². The fourth-order valence-electron chi connectivity index (χ4n) is 1.50. The first-order chi connectivity index (χ1) is 8.79. The summed E-state index contributed by atoms with van der Waals surface area (Å²) >= 11 is 0. The summed E-state index contributed by atoms with van der Waals surface area (Å²) in [4.78, 5) is 22.7. The Morgan fingerprint density at radius 2 is 2.28 bits per heavy atom. The highest BCUT2D eigenvalue weighted by molar-refractivity contribution is 5.92. The van der Waals surface area contributed by atoms with Crippen molar-refractivity contribution in [1.29, 1.82) is 0 Å². The van der Waals surface area contributed by atoms with Crippen molar-refractivity contribution in [2.24, 2.45) is 0 Å². The average molecular weight is 245 g/mol. The van der Waals surface area contributed by atoms with Crippen LogP contribution in [-0.2, 0) is 6.42 Å². The second kappa shape index (κ2) is 5.81. The highest BCUT2D eigenvalue weighted by Crippen LogP contribution is 2.04. The molecule has 0 unspecified atom stereocenters. The quantitative estimate of drug-likeness (QED) is 0.728. The Bertz CT molecular complexity index is 492. The summed E-state index contributed by atoms with van der Waals surface area (Å²) in [6.45, 7) is 0.552. The normalized spacial score (nSPS) is 10.1. The number of anilines is 1. The molecule has 0 atom stereocenters. The van der Waals surface area contributed by atoms with Gasteiger partial charge in [0.15, 0.2) is 0 Å². The molecule has 2 aromatic rings. The number of H-pyrrole nitrogens is 1. The number of pyridine rings is 1. The Kier molecular flexibility index (Phi) is 3.90. The van der Waals surface area contributed by atoms with Crippen LogP contribution in [0.2, 0.25) is 0 Å². The third kappa shape index (κ3) is 3.07. The highest BCUT2D eigenvalue weighted by atomic mass is 16.1. The van der Waals surface area contributed by atoms with Crippen LogP contribution in [0, 0.1) is 0 Å². The molecule has 0 saturated heterocycles. The summed E-state index contributed by atoms with van der Waals surface area (Å²) in [5.41, 5.74) is 2.29. The van der Waals surface area contributed by atoms with Gasteiger partial charge in [0.25, 0.3) is 5.91 Å². The summed E-state index contributed by atoms with van der Waals surface area (Å²) in [5, 5.41) is 5.75. The van der Waals surface area contributed by atoms with E-state index < -0.39 is 0 Å². The molecule has 0 bridgehead atoms. The maximum absolute atomic E-state index is 11.8. The lowest BCUT2D eigenvalue weighted by atomic mass is 10.3. The number of carbonyl (C=O) groups is 1. The van der Waals surface area contributed by atoms with Gasteiger partial charge < -0.3 is 15.6 Å². The summed E-state index contributed by atoms with van der Waals surface area (Å²) in [6.07, 6.45) is 5.71. The fraction of sp³-hybridized carbons (Fsp3) is 0.250. The summed E-state index contributed by atoms with van der Waals surface area (Å²) in [5.74, 6) is -0.169. The van der Waals surface area contributed by atoms with Gasteiger partial charge in [0.1, 0.15) is 5.69 Å². The van der Waals surface area contributed by atoms with Crippen LogP contribution < -0.4 is 10.6 Å². The minimum absolute atomic E-state index is 0.169. The van der Waals surface area contributed by atoms with Crippen molar-refractivity contribution in [2.45, 2.75) is 6.42 Å². The number of carbonyl (C=O) groups excluding carboxylic acids is 1. The number of rotatable bonds is 5. The van der Waals surface area contributed by atoms with Gasteiger partial charge >= 0.3 is 0 Å². The number of nitrogens with zero attached hydrogens (tertiary/aromatic N) is 2. The standard InChI is InChI=1S/C12H15N5O/c1-13-9-2-3-11(16-7-9)12(18)15-5-4-10-6-14-8-17-10/h2-3,6-8,13H,4-5H2,1H3,(H,14,17)(H,15,18). The van der Waals surface area contributed by atoms with Crippen molar-refractivity contribution in [3.63, 3.8) is 0 Å². The summed E-state index contributed by atoms with van der Waals surface area (Å²) in [6, 6.07) is 3.51. The van der Waals surface area contributed by atoms with Crippen LogP contribution in [0.15, 0.2) is 30.9 Å². The van der Waals surface area contributed by atoms with E-state index in [4.69, 9.17) is 0 Å². The van der Waals surface area contributed by atoms with E-state index in [0.29, 0.717) is 12.2 Å². The minimum Gasteiger partial charge on any atom is -0.387 e. The molecule has 0 spiro atoms. The number of imidazole rings is 1. The number of nitrogens with one attached hydrogen (secondary N) is 3. The van der Waals surface area contributed by atoms with E-state index in [2.05, 4.69) is 25.6 Å². The minimum atomic E-state index is -0.169. The first kappa shape index (κ1) is 12.1. The third-order valence-electron chi connectivity index (χ3n) is 2.52. The van der Waals surface area contributed by atoms with Crippen LogP contribution in [0.25, 0.3) is 0 Å². The molecule has 0 saturated carbocycles. The van der Waals surface area contributed by atoms with E-state index in [-0.39, 0.29) is 5.91 Å². The Morgan fingerprint density at radius 1 is 1.39 bits per heavy atom. The second-order valence-electron chi connectivity index (χ2n) is 3.76. The van der Waals surface area contributed by atoms with E-state index in [1.807, 2.05) is 6.07 Å². The predicted molar refractivity (Wildman–Crippen MR) is 68.4 cm³/mol. The summed E-state index contributed by atoms with van der Waals surface area (Å²) in [7, 11) is 1.81. The molecule has 0 aliphatic heterocycles. The fourth-order valence-corrected chi connectivity index (χ4v) is 1.50. The molecule has 2 rings (SSSR count). The molecule has 2 heterocycles.